The van der Waals surface area contributed by atoms with Crippen LogP contribution in [0.2, 0.25) is 0 Å². The molecule has 8 nitrogen and oxygen atoms in total. The molecule has 0 bridgehead atoms. The number of carbonyl (C=O) groups excluding carboxylic acids is 3. The number of ether oxygens (including phenoxy) is 2. The molecular formula is C23H25N3O5S. The maximum atomic E-state index is 12.8. The summed E-state index contributed by atoms with van der Waals surface area (Å²) >= 11 is 5.40. The van der Waals surface area contributed by atoms with Crippen LogP contribution >= 0.6 is 12.2 Å². The number of esters is 1. The summed E-state index contributed by atoms with van der Waals surface area (Å²) in [7, 11) is 0. The van der Waals surface area contributed by atoms with Crippen LogP contribution in [0.25, 0.3) is 0 Å². The maximum absolute atomic E-state index is 12.8. The number of nitrogens with zero attached hydrogens (tertiary/aromatic N) is 1. The lowest BCUT2D eigenvalue weighted by atomic mass is 10.1. The summed E-state index contributed by atoms with van der Waals surface area (Å²) < 4.78 is 10.8. The standard InChI is InChI=1S/C23H25N3O5S/c1-2-30-19-11-7-6-10-17(19)21(28)25-23(32)26-13-12-24-22(29)18(26)14-20(27)31-15-16-8-4-3-5-9-16/h3-11,18H,2,12-15H2,1H3,(H,24,29)(H,25,28,32). The topological polar surface area (TPSA) is 97.0 Å². The molecular weight excluding hydrogens is 430 g/mol. The Morgan fingerprint density at radius 2 is 1.88 bits per heavy atom. The zero-order valence-corrected chi connectivity index (χ0v) is 18.5. The molecule has 0 radical (unpaired) electrons. The molecule has 168 valence electrons. The molecule has 3 rings (SSSR count). The van der Waals surface area contributed by atoms with E-state index < -0.39 is 17.9 Å². The second kappa shape index (κ2) is 11.2. The van der Waals surface area contributed by atoms with Crippen molar-refractivity contribution in [2.24, 2.45) is 0 Å². The van der Waals surface area contributed by atoms with Crippen molar-refractivity contribution in [3.05, 3.63) is 65.7 Å². The smallest absolute Gasteiger partial charge is 0.308 e. The van der Waals surface area contributed by atoms with Crippen molar-refractivity contribution >= 4 is 35.1 Å². The largest absolute Gasteiger partial charge is 0.493 e. The summed E-state index contributed by atoms with van der Waals surface area (Å²) in [5, 5.41) is 5.45. The number of para-hydroxylation sites is 1. The highest BCUT2D eigenvalue weighted by molar-refractivity contribution is 7.80. The lowest BCUT2D eigenvalue weighted by molar-refractivity contribution is -0.148. The van der Waals surface area contributed by atoms with Crippen molar-refractivity contribution in [1.29, 1.82) is 0 Å². The van der Waals surface area contributed by atoms with Gasteiger partial charge in [0.2, 0.25) is 5.91 Å². The Labute approximate surface area is 191 Å². The third-order valence-corrected chi connectivity index (χ3v) is 5.18. The van der Waals surface area contributed by atoms with Gasteiger partial charge in [-0.05, 0) is 36.8 Å². The van der Waals surface area contributed by atoms with Crippen LogP contribution in [0, 0.1) is 0 Å². The van der Waals surface area contributed by atoms with E-state index in [9.17, 15) is 14.4 Å². The van der Waals surface area contributed by atoms with Crippen LogP contribution in [0.15, 0.2) is 54.6 Å². The van der Waals surface area contributed by atoms with Crippen molar-refractivity contribution in [2.45, 2.75) is 26.0 Å². The van der Waals surface area contributed by atoms with Gasteiger partial charge in [-0.15, -0.1) is 0 Å². The average Bonchev–Trinajstić information content (AvgIpc) is 2.80. The van der Waals surface area contributed by atoms with Gasteiger partial charge in [0.15, 0.2) is 5.11 Å². The molecule has 1 fully saturated rings. The van der Waals surface area contributed by atoms with Gasteiger partial charge in [-0.25, -0.2) is 0 Å². The van der Waals surface area contributed by atoms with Crippen LogP contribution < -0.4 is 15.4 Å². The minimum Gasteiger partial charge on any atom is -0.493 e. The summed E-state index contributed by atoms with van der Waals surface area (Å²) in [4.78, 5) is 39.2. The monoisotopic (exact) mass is 455 g/mol. The lowest BCUT2D eigenvalue weighted by Crippen LogP contribution is -2.60. The lowest BCUT2D eigenvalue weighted by Gasteiger charge is -2.36. The fourth-order valence-electron chi connectivity index (χ4n) is 3.29. The van der Waals surface area contributed by atoms with Crippen molar-refractivity contribution in [3.8, 4) is 5.75 Å². The number of benzene rings is 2. The summed E-state index contributed by atoms with van der Waals surface area (Å²) in [6.45, 7) is 3.05. The molecule has 1 aliphatic heterocycles. The number of carbonyl (C=O) groups is 3. The molecule has 0 aromatic heterocycles. The van der Waals surface area contributed by atoms with Crippen molar-refractivity contribution in [3.63, 3.8) is 0 Å². The first-order valence-electron chi connectivity index (χ1n) is 10.3. The van der Waals surface area contributed by atoms with Crippen LogP contribution in [-0.2, 0) is 20.9 Å². The predicted molar refractivity (Wildman–Crippen MR) is 122 cm³/mol. The third-order valence-electron chi connectivity index (χ3n) is 4.85. The maximum Gasteiger partial charge on any atom is 0.308 e. The van der Waals surface area contributed by atoms with E-state index in [1.807, 2.05) is 37.3 Å². The first-order chi connectivity index (χ1) is 15.5. The quantitative estimate of drug-likeness (QED) is 0.487. The van der Waals surface area contributed by atoms with Crippen LogP contribution in [0.4, 0.5) is 0 Å². The van der Waals surface area contributed by atoms with Crippen molar-refractivity contribution < 1.29 is 23.9 Å². The minimum atomic E-state index is -0.873. The molecule has 0 aliphatic carbocycles. The molecule has 1 aliphatic rings. The number of thiocarbonyl (C=S) groups is 1. The Kier molecular flexibility index (Phi) is 8.15. The Hall–Kier alpha value is -3.46. The van der Waals surface area contributed by atoms with Crippen LogP contribution in [0.5, 0.6) is 5.75 Å². The number of hydrogen-bond donors (Lipinski definition) is 2. The first-order valence-corrected chi connectivity index (χ1v) is 10.7. The molecule has 1 saturated heterocycles. The van der Waals surface area contributed by atoms with Gasteiger partial charge in [0.25, 0.3) is 5.91 Å². The molecule has 32 heavy (non-hydrogen) atoms. The Morgan fingerprint density at radius 3 is 2.62 bits per heavy atom. The molecule has 2 aromatic rings. The van der Waals surface area contributed by atoms with Crippen molar-refractivity contribution in [1.82, 2.24) is 15.5 Å². The molecule has 2 N–H and O–H groups in total. The molecule has 1 heterocycles. The Morgan fingerprint density at radius 1 is 1.16 bits per heavy atom. The molecule has 0 spiro atoms. The molecule has 9 heteroatoms. The van der Waals surface area contributed by atoms with Gasteiger partial charge in [0, 0.05) is 13.1 Å². The highest BCUT2D eigenvalue weighted by atomic mass is 32.1. The normalized spacial score (nSPS) is 15.5. The van der Waals surface area contributed by atoms with Gasteiger partial charge < -0.3 is 19.7 Å². The number of hydrogen-bond acceptors (Lipinski definition) is 6. The zero-order chi connectivity index (χ0) is 22.9. The van der Waals surface area contributed by atoms with E-state index in [1.165, 1.54) is 0 Å². The van der Waals surface area contributed by atoms with Gasteiger partial charge in [-0.3, -0.25) is 19.7 Å². The summed E-state index contributed by atoms with van der Waals surface area (Å²) in [5.41, 5.74) is 1.18. The van der Waals surface area contributed by atoms with E-state index >= 15 is 0 Å². The third kappa shape index (κ3) is 6.04. The fraction of sp³-hybridized carbons (Fsp3) is 0.304. The Balaban J connectivity index is 1.64. The van der Waals surface area contributed by atoms with Crippen LogP contribution in [0.1, 0.15) is 29.3 Å². The van der Waals surface area contributed by atoms with Gasteiger partial charge in [-0.2, -0.15) is 0 Å². The summed E-state index contributed by atoms with van der Waals surface area (Å²) in [5.74, 6) is -0.890. The number of rotatable bonds is 7. The number of piperazine rings is 1. The summed E-state index contributed by atoms with van der Waals surface area (Å²) in [6, 6.07) is 15.2. The SMILES string of the molecule is CCOc1ccccc1C(=O)NC(=S)N1CCNC(=O)C1CC(=O)OCc1ccccc1. The van der Waals surface area contributed by atoms with E-state index in [2.05, 4.69) is 10.6 Å². The van der Waals surface area contributed by atoms with E-state index in [-0.39, 0.29) is 24.0 Å². The average molecular weight is 456 g/mol. The van der Waals surface area contributed by atoms with Gasteiger partial charge in [-0.1, -0.05) is 42.5 Å². The highest BCUT2D eigenvalue weighted by Crippen LogP contribution is 2.18. The Bertz CT molecular complexity index is 983. The fourth-order valence-corrected chi connectivity index (χ4v) is 3.60. The van der Waals surface area contributed by atoms with E-state index in [4.69, 9.17) is 21.7 Å². The molecule has 2 amide bonds. The number of nitrogens with one attached hydrogen (secondary N) is 2. The van der Waals surface area contributed by atoms with Crippen LogP contribution in [-0.4, -0.2) is 53.5 Å². The second-order valence-corrected chi connectivity index (χ2v) is 7.43. The van der Waals surface area contributed by atoms with Gasteiger partial charge in [0.05, 0.1) is 18.6 Å². The minimum absolute atomic E-state index is 0.0667. The van der Waals surface area contributed by atoms with E-state index in [0.717, 1.165) is 5.56 Å². The predicted octanol–water partition coefficient (Wildman–Crippen LogP) is 2.03. The molecule has 2 aromatic carbocycles. The highest BCUT2D eigenvalue weighted by Gasteiger charge is 2.34. The molecule has 1 unspecified atom stereocenters. The van der Waals surface area contributed by atoms with E-state index in [1.54, 1.807) is 29.2 Å². The first kappa shape index (κ1) is 23.2. The number of amides is 2. The van der Waals surface area contributed by atoms with Gasteiger partial charge in [0.1, 0.15) is 18.4 Å². The van der Waals surface area contributed by atoms with Crippen LogP contribution in [0.3, 0.4) is 0 Å². The second-order valence-electron chi connectivity index (χ2n) is 7.04. The van der Waals surface area contributed by atoms with Crippen molar-refractivity contribution in [2.75, 3.05) is 19.7 Å². The summed E-state index contributed by atoms with van der Waals surface area (Å²) in [6.07, 6.45) is -0.190. The van der Waals surface area contributed by atoms with Gasteiger partial charge >= 0.3 is 5.97 Å². The molecule has 1 atom stereocenters. The van der Waals surface area contributed by atoms with E-state index in [0.29, 0.717) is 31.0 Å². The molecule has 0 saturated carbocycles. The zero-order valence-electron chi connectivity index (χ0n) is 17.7.